The van der Waals surface area contributed by atoms with Crippen LogP contribution in [0.2, 0.25) is 0 Å². The number of aromatic amines is 1. The van der Waals surface area contributed by atoms with Crippen LogP contribution in [0.25, 0.3) is 11.3 Å². The molecule has 2 aromatic heterocycles. The van der Waals surface area contributed by atoms with Gasteiger partial charge in [-0.1, -0.05) is 17.3 Å². The van der Waals surface area contributed by atoms with E-state index >= 15 is 0 Å². The van der Waals surface area contributed by atoms with Crippen molar-refractivity contribution in [1.29, 1.82) is 0 Å². The van der Waals surface area contributed by atoms with Gasteiger partial charge in [0.2, 0.25) is 5.89 Å². The summed E-state index contributed by atoms with van der Waals surface area (Å²) in [6.07, 6.45) is 3.39. The van der Waals surface area contributed by atoms with Gasteiger partial charge < -0.3 is 14.7 Å². The van der Waals surface area contributed by atoms with E-state index in [1.165, 1.54) is 0 Å². The summed E-state index contributed by atoms with van der Waals surface area (Å²) in [7, 11) is 0. The number of carbonyl (C=O) groups excluding carboxylic acids is 1. The first-order valence-corrected chi connectivity index (χ1v) is 8.65. The number of piperidine rings is 1. The monoisotopic (exact) mass is 352 g/mol. The number of H-pyrrole nitrogens is 1. The van der Waals surface area contributed by atoms with Crippen molar-refractivity contribution in [2.24, 2.45) is 0 Å². The second-order valence-electron chi connectivity index (χ2n) is 6.41. The van der Waals surface area contributed by atoms with Crippen LogP contribution in [0.5, 0.6) is 0 Å². The summed E-state index contributed by atoms with van der Waals surface area (Å²) in [6, 6.07) is 9.51. The van der Waals surface area contributed by atoms with Gasteiger partial charge in [0.25, 0.3) is 0 Å². The Balaban J connectivity index is 1.32. The maximum absolute atomic E-state index is 12.5. The predicted octanol–water partition coefficient (Wildman–Crippen LogP) is 3.18. The fraction of sp³-hybridized carbons (Fsp3) is 0.333. The fourth-order valence-corrected chi connectivity index (χ4v) is 3.17. The highest BCUT2D eigenvalue weighted by Crippen LogP contribution is 2.26. The number of nitrogens with one attached hydrogen (secondary N) is 2. The lowest BCUT2D eigenvalue weighted by Gasteiger charge is -2.30. The molecule has 1 aromatic carbocycles. The number of hydrogen-bond acceptors (Lipinski definition) is 5. The average Bonchev–Trinajstić information content (AvgIpc) is 3.34. The number of aromatic nitrogens is 4. The zero-order valence-electron chi connectivity index (χ0n) is 14.5. The summed E-state index contributed by atoms with van der Waals surface area (Å²) in [5.74, 6) is 1.58. The molecule has 0 radical (unpaired) electrons. The van der Waals surface area contributed by atoms with Crippen LogP contribution in [0.1, 0.15) is 30.5 Å². The molecular formula is C18H20N6O2. The average molecular weight is 352 g/mol. The number of amides is 2. The van der Waals surface area contributed by atoms with Gasteiger partial charge in [-0.25, -0.2) is 4.79 Å². The van der Waals surface area contributed by atoms with Crippen LogP contribution in [-0.2, 0) is 0 Å². The number of likely N-dealkylation sites (tertiary alicyclic amines) is 1. The second-order valence-corrected chi connectivity index (χ2v) is 6.41. The summed E-state index contributed by atoms with van der Waals surface area (Å²) in [6.45, 7) is 3.14. The maximum Gasteiger partial charge on any atom is 0.321 e. The molecule has 26 heavy (non-hydrogen) atoms. The molecule has 0 spiro atoms. The molecule has 0 bridgehead atoms. The second kappa shape index (κ2) is 6.99. The van der Waals surface area contributed by atoms with Crippen molar-refractivity contribution < 1.29 is 9.32 Å². The van der Waals surface area contributed by atoms with Crippen molar-refractivity contribution in [1.82, 2.24) is 25.2 Å². The summed E-state index contributed by atoms with van der Waals surface area (Å²) in [5, 5.41) is 13.8. The summed E-state index contributed by atoms with van der Waals surface area (Å²) in [5.41, 5.74) is 2.74. The molecule has 8 heteroatoms. The van der Waals surface area contributed by atoms with E-state index in [1.54, 1.807) is 13.1 Å². The molecule has 3 heterocycles. The van der Waals surface area contributed by atoms with Gasteiger partial charge in [0.05, 0.1) is 5.69 Å². The SMILES string of the molecule is Cc1nc(C2CCN(C(=O)Nc3ccc(-c4ccn[nH]4)cc3)CC2)no1. The number of urea groups is 1. The first kappa shape index (κ1) is 16.3. The van der Waals surface area contributed by atoms with E-state index in [4.69, 9.17) is 4.52 Å². The number of rotatable bonds is 3. The molecule has 0 aliphatic carbocycles. The highest BCUT2D eigenvalue weighted by atomic mass is 16.5. The van der Waals surface area contributed by atoms with Crippen molar-refractivity contribution in [3.05, 3.63) is 48.2 Å². The van der Waals surface area contributed by atoms with E-state index in [0.29, 0.717) is 19.0 Å². The molecule has 0 saturated carbocycles. The zero-order valence-corrected chi connectivity index (χ0v) is 14.5. The summed E-state index contributed by atoms with van der Waals surface area (Å²) in [4.78, 5) is 18.6. The predicted molar refractivity (Wildman–Crippen MR) is 95.6 cm³/mol. The van der Waals surface area contributed by atoms with E-state index in [1.807, 2.05) is 35.2 Å². The van der Waals surface area contributed by atoms with Crippen LogP contribution in [0.3, 0.4) is 0 Å². The molecule has 0 unspecified atom stereocenters. The van der Waals surface area contributed by atoms with Crippen molar-refractivity contribution in [3.63, 3.8) is 0 Å². The molecule has 4 rings (SSSR count). The minimum Gasteiger partial charge on any atom is -0.340 e. The van der Waals surface area contributed by atoms with Gasteiger partial charge in [0, 0.05) is 37.8 Å². The van der Waals surface area contributed by atoms with Gasteiger partial charge in [-0.15, -0.1) is 0 Å². The number of hydrogen-bond donors (Lipinski definition) is 2. The maximum atomic E-state index is 12.5. The van der Waals surface area contributed by atoms with Gasteiger partial charge in [-0.3, -0.25) is 5.10 Å². The van der Waals surface area contributed by atoms with Crippen molar-refractivity contribution in [2.45, 2.75) is 25.7 Å². The smallest absolute Gasteiger partial charge is 0.321 e. The topological polar surface area (TPSA) is 99.9 Å². The van der Waals surface area contributed by atoms with Crippen LogP contribution in [0.4, 0.5) is 10.5 Å². The normalized spacial score (nSPS) is 15.2. The number of benzene rings is 1. The van der Waals surface area contributed by atoms with Gasteiger partial charge >= 0.3 is 6.03 Å². The third-order valence-corrected chi connectivity index (χ3v) is 4.64. The van der Waals surface area contributed by atoms with Crippen molar-refractivity contribution >= 4 is 11.7 Å². The van der Waals surface area contributed by atoms with Crippen LogP contribution in [-0.4, -0.2) is 44.4 Å². The Hall–Kier alpha value is -3.16. The van der Waals surface area contributed by atoms with E-state index in [9.17, 15) is 4.79 Å². The molecule has 0 atom stereocenters. The van der Waals surface area contributed by atoms with E-state index in [-0.39, 0.29) is 11.9 Å². The first-order valence-electron chi connectivity index (χ1n) is 8.65. The Morgan fingerprint density at radius 2 is 2.00 bits per heavy atom. The molecule has 1 fully saturated rings. The Bertz CT molecular complexity index is 863. The molecule has 8 nitrogen and oxygen atoms in total. The van der Waals surface area contributed by atoms with Gasteiger partial charge in [-0.2, -0.15) is 10.1 Å². The number of nitrogens with zero attached hydrogens (tertiary/aromatic N) is 4. The van der Waals surface area contributed by atoms with E-state index < -0.39 is 0 Å². The molecule has 2 N–H and O–H groups in total. The lowest BCUT2D eigenvalue weighted by atomic mass is 9.96. The summed E-state index contributed by atoms with van der Waals surface area (Å²) < 4.78 is 5.05. The summed E-state index contributed by atoms with van der Waals surface area (Å²) >= 11 is 0. The van der Waals surface area contributed by atoms with E-state index in [0.717, 1.165) is 35.6 Å². The third-order valence-electron chi connectivity index (χ3n) is 4.64. The highest BCUT2D eigenvalue weighted by molar-refractivity contribution is 5.89. The van der Waals surface area contributed by atoms with Crippen LogP contribution >= 0.6 is 0 Å². The van der Waals surface area contributed by atoms with Crippen molar-refractivity contribution in [2.75, 3.05) is 18.4 Å². The van der Waals surface area contributed by atoms with Gasteiger partial charge in [0.1, 0.15) is 0 Å². The lowest BCUT2D eigenvalue weighted by Crippen LogP contribution is -2.40. The number of aryl methyl sites for hydroxylation is 1. The Labute approximate surface area is 150 Å². The highest BCUT2D eigenvalue weighted by Gasteiger charge is 2.26. The van der Waals surface area contributed by atoms with Crippen LogP contribution < -0.4 is 5.32 Å². The van der Waals surface area contributed by atoms with Gasteiger partial charge in [0.15, 0.2) is 5.82 Å². The molecule has 1 aliphatic rings. The van der Waals surface area contributed by atoms with E-state index in [2.05, 4.69) is 25.7 Å². The largest absolute Gasteiger partial charge is 0.340 e. The molecule has 3 aromatic rings. The van der Waals surface area contributed by atoms with Gasteiger partial charge in [-0.05, 0) is 36.6 Å². The Morgan fingerprint density at radius 3 is 2.62 bits per heavy atom. The molecular weight excluding hydrogens is 332 g/mol. The molecule has 2 amide bonds. The Kier molecular flexibility index (Phi) is 4.39. The number of anilines is 1. The third kappa shape index (κ3) is 3.44. The molecule has 134 valence electrons. The molecule has 1 aliphatic heterocycles. The molecule has 1 saturated heterocycles. The zero-order chi connectivity index (χ0) is 17.9. The van der Waals surface area contributed by atoms with Crippen molar-refractivity contribution in [3.8, 4) is 11.3 Å². The quantitative estimate of drug-likeness (QED) is 0.754. The van der Waals surface area contributed by atoms with Crippen LogP contribution in [0, 0.1) is 6.92 Å². The first-order chi connectivity index (χ1) is 12.7. The van der Waals surface area contributed by atoms with Crippen LogP contribution in [0.15, 0.2) is 41.1 Å². The lowest BCUT2D eigenvalue weighted by molar-refractivity contribution is 0.193. The standard InChI is InChI=1S/C18H20N6O2/c1-12-20-17(23-26-12)14-7-10-24(11-8-14)18(25)21-15-4-2-13(3-5-15)16-6-9-19-22-16/h2-6,9,14H,7-8,10-11H2,1H3,(H,19,22)(H,21,25). The Morgan fingerprint density at radius 1 is 1.23 bits per heavy atom. The fourth-order valence-electron chi connectivity index (χ4n) is 3.17. The number of carbonyl (C=O) groups is 1. The minimum atomic E-state index is -0.0815. The minimum absolute atomic E-state index is 0.0815.